The predicted octanol–water partition coefficient (Wildman–Crippen LogP) is 2.63. The molecule has 0 aliphatic carbocycles. The summed E-state index contributed by atoms with van der Waals surface area (Å²) in [5, 5.41) is 26.4. The van der Waals surface area contributed by atoms with Crippen molar-refractivity contribution >= 4 is 28.7 Å². The molecule has 0 radical (unpaired) electrons. The van der Waals surface area contributed by atoms with Crippen molar-refractivity contribution in [1.29, 1.82) is 0 Å². The molecule has 0 bridgehead atoms. The summed E-state index contributed by atoms with van der Waals surface area (Å²) in [6.07, 6.45) is -2.18. The molecule has 0 aromatic heterocycles. The monoisotopic (exact) mass is 450 g/mol. The summed E-state index contributed by atoms with van der Waals surface area (Å²) in [6.45, 7) is -0.125. The van der Waals surface area contributed by atoms with Gasteiger partial charge in [-0.1, -0.05) is 72.8 Å². The Balaban J connectivity index is 1.47. The molecule has 0 saturated carbocycles. The number of nitrogens with one attached hydrogen (secondary N) is 2. The average Bonchev–Trinajstić information content (AvgIpc) is 2.81. The van der Waals surface area contributed by atoms with E-state index >= 15 is 0 Å². The number of amides is 2. The lowest BCUT2D eigenvalue weighted by molar-refractivity contribution is -0.142. The molecule has 172 valence electrons. The van der Waals surface area contributed by atoms with E-state index in [1.807, 2.05) is 72.8 Å². The molecule has 0 fully saturated rings. The average molecular weight is 450 g/mol. The summed E-state index contributed by atoms with van der Waals surface area (Å²) >= 11 is 0. The number of carbonyl (C=O) groups excluding carboxylic acids is 2. The summed E-state index contributed by atoms with van der Waals surface area (Å²) < 4.78 is 5.04. The quantitative estimate of drug-likeness (QED) is 0.376. The molecule has 8 heteroatoms. The second-order valence-corrected chi connectivity index (χ2v) is 7.60. The van der Waals surface area contributed by atoms with Crippen molar-refractivity contribution in [1.82, 2.24) is 10.6 Å². The molecule has 3 aromatic rings. The second-order valence-electron chi connectivity index (χ2n) is 7.60. The largest absolute Gasteiger partial charge is 0.480 e. The number of aliphatic hydroxyl groups excluding tert-OH is 1. The highest BCUT2D eigenvalue weighted by atomic mass is 16.5. The van der Waals surface area contributed by atoms with Gasteiger partial charge in [-0.15, -0.1) is 0 Å². The van der Waals surface area contributed by atoms with Crippen LogP contribution in [0.25, 0.3) is 10.8 Å². The van der Waals surface area contributed by atoms with Crippen LogP contribution in [0.2, 0.25) is 0 Å². The lowest BCUT2D eigenvalue weighted by Crippen LogP contribution is -2.44. The summed E-state index contributed by atoms with van der Waals surface area (Å²) in [7, 11) is 0. The molecule has 2 atom stereocenters. The van der Waals surface area contributed by atoms with Crippen LogP contribution in [-0.2, 0) is 27.4 Å². The molecular formula is C25H26N2O6. The Morgan fingerprint density at radius 2 is 1.61 bits per heavy atom. The minimum atomic E-state index is -1.19. The third kappa shape index (κ3) is 7.33. The van der Waals surface area contributed by atoms with Gasteiger partial charge in [-0.3, -0.25) is 4.79 Å². The summed E-state index contributed by atoms with van der Waals surface area (Å²) in [5.41, 5.74) is 1.61. The van der Waals surface area contributed by atoms with E-state index in [0.717, 1.165) is 21.9 Å². The van der Waals surface area contributed by atoms with E-state index in [1.54, 1.807) is 0 Å². The standard InChI is InChI=1S/C25H26N2O6/c28-20(15-26-25(32)33-16-17-7-2-1-3-8-17)14-23(29)27-22(24(30)31)13-19-11-6-10-18-9-4-5-12-21(18)19/h1-12,20,22,28H,13-16H2,(H,26,32)(H,27,29)(H,30,31)/t20-,22-/m0/s1. The molecular weight excluding hydrogens is 424 g/mol. The molecule has 0 saturated heterocycles. The molecule has 0 heterocycles. The first-order valence-electron chi connectivity index (χ1n) is 10.5. The van der Waals surface area contributed by atoms with Crippen molar-refractivity contribution in [2.45, 2.75) is 31.6 Å². The number of carbonyl (C=O) groups is 3. The van der Waals surface area contributed by atoms with Crippen LogP contribution in [0.5, 0.6) is 0 Å². The Kier molecular flexibility index (Phi) is 8.37. The van der Waals surface area contributed by atoms with Crippen molar-refractivity contribution in [2.75, 3.05) is 6.54 Å². The highest BCUT2D eigenvalue weighted by Gasteiger charge is 2.23. The fourth-order valence-corrected chi connectivity index (χ4v) is 3.41. The van der Waals surface area contributed by atoms with E-state index in [1.165, 1.54) is 0 Å². The number of hydrogen-bond acceptors (Lipinski definition) is 5. The van der Waals surface area contributed by atoms with Crippen LogP contribution in [-0.4, -0.2) is 46.9 Å². The minimum Gasteiger partial charge on any atom is -0.480 e. The zero-order valence-electron chi connectivity index (χ0n) is 17.9. The third-order valence-electron chi connectivity index (χ3n) is 5.05. The Bertz CT molecular complexity index is 1100. The number of benzene rings is 3. The van der Waals surface area contributed by atoms with Gasteiger partial charge in [0, 0.05) is 13.0 Å². The molecule has 3 rings (SSSR count). The number of aliphatic carboxylic acids is 1. The van der Waals surface area contributed by atoms with Gasteiger partial charge >= 0.3 is 12.1 Å². The van der Waals surface area contributed by atoms with E-state index in [2.05, 4.69) is 10.6 Å². The summed E-state index contributed by atoms with van der Waals surface area (Å²) in [6, 6.07) is 21.2. The van der Waals surface area contributed by atoms with E-state index in [9.17, 15) is 24.6 Å². The van der Waals surface area contributed by atoms with Crippen LogP contribution in [0.4, 0.5) is 4.79 Å². The maximum absolute atomic E-state index is 12.3. The van der Waals surface area contributed by atoms with E-state index in [4.69, 9.17) is 4.74 Å². The Hall–Kier alpha value is -3.91. The number of hydrogen-bond donors (Lipinski definition) is 4. The molecule has 4 N–H and O–H groups in total. The summed E-state index contributed by atoms with van der Waals surface area (Å²) in [4.78, 5) is 35.8. The molecule has 0 spiro atoms. The van der Waals surface area contributed by atoms with Crippen molar-refractivity contribution in [3.05, 3.63) is 83.9 Å². The van der Waals surface area contributed by atoms with Crippen LogP contribution >= 0.6 is 0 Å². The SMILES string of the molecule is O=C(C[C@H](O)CNC(=O)OCc1ccccc1)N[C@@H](Cc1cccc2ccccc12)C(=O)O. The molecule has 2 amide bonds. The lowest BCUT2D eigenvalue weighted by Gasteiger charge is -2.17. The van der Waals surface area contributed by atoms with Gasteiger partial charge < -0.3 is 25.6 Å². The van der Waals surface area contributed by atoms with Gasteiger partial charge in [0.25, 0.3) is 0 Å². The summed E-state index contributed by atoms with van der Waals surface area (Å²) in [5.74, 6) is -1.80. The smallest absolute Gasteiger partial charge is 0.407 e. The topological polar surface area (TPSA) is 125 Å². The highest BCUT2D eigenvalue weighted by molar-refractivity contribution is 5.88. The van der Waals surface area contributed by atoms with Crippen LogP contribution in [0, 0.1) is 0 Å². The molecule has 3 aromatic carbocycles. The van der Waals surface area contributed by atoms with Crippen LogP contribution in [0.1, 0.15) is 17.5 Å². The first kappa shape index (κ1) is 23.7. The molecule has 8 nitrogen and oxygen atoms in total. The van der Waals surface area contributed by atoms with Crippen molar-refractivity contribution in [2.24, 2.45) is 0 Å². The van der Waals surface area contributed by atoms with Gasteiger partial charge in [-0.25, -0.2) is 9.59 Å². The van der Waals surface area contributed by atoms with Gasteiger partial charge in [0.1, 0.15) is 12.6 Å². The van der Waals surface area contributed by atoms with Crippen LogP contribution in [0.3, 0.4) is 0 Å². The number of rotatable bonds is 10. The van der Waals surface area contributed by atoms with Gasteiger partial charge in [0.05, 0.1) is 12.5 Å². The normalized spacial score (nSPS) is 12.5. The Labute approximate surface area is 191 Å². The van der Waals surface area contributed by atoms with E-state index in [-0.39, 0.29) is 26.0 Å². The number of carboxylic acids is 1. The fourth-order valence-electron chi connectivity index (χ4n) is 3.41. The van der Waals surface area contributed by atoms with Gasteiger partial charge in [0.2, 0.25) is 5.91 Å². The predicted molar refractivity (Wildman–Crippen MR) is 122 cm³/mol. The van der Waals surface area contributed by atoms with Gasteiger partial charge in [-0.2, -0.15) is 0 Å². The number of aliphatic hydroxyl groups is 1. The van der Waals surface area contributed by atoms with Crippen molar-refractivity contribution in [3.8, 4) is 0 Å². The minimum absolute atomic E-state index is 0.0811. The van der Waals surface area contributed by atoms with Gasteiger partial charge in [0.15, 0.2) is 0 Å². The number of carboxylic acid groups (broad SMARTS) is 1. The zero-order valence-corrected chi connectivity index (χ0v) is 17.9. The maximum Gasteiger partial charge on any atom is 0.407 e. The van der Waals surface area contributed by atoms with E-state index in [0.29, 0.717) is 0 Å². The molecule has 0 aliphatic heterocycles. The Morgan fingerprint density at radius 3 is 2.36 bits per heavy atom. The van der Waals surface area contributed by atoms with Crippen molar-refractivity contribution in [3.63, 3.8) is 0 Å². The Morgan fingerprint density at radius 1 is 0.909 bits per heavy atom. The highest BCUT2D eigenvalue weighted by Crippen LogP contribution is 2.20. The van der Waals surface area contributed by atoms with E-state index < -0.39 is 30.1 Å². The second kappa shape index (κ2) is 11.6. The number of fused-ring (bicyclic) bond motifs is 1. The maximum atomic E-state index is 12.3. The lowest BCUT2D eigenvalue weighted by atomic mass is 9.98. The van der Waals surface area contributed by atoms with Crippen LogP contribution < -0.4 is 10.6 Å². The molecule has 0 unspecified atom stereocenters. The van der Waals surface area contributed by atoms with Crippen molar-refractivity contribution < 1.29 is 29.3 Å². The zero-order chi connectivity index (χ0) is 23.6. The first-order valence-corrected chi connectivity index (χ1v) is 10.5. The van der Waals surface area contributed by atoms with Gasteiger partial charge in [-0.05, 0) is 21.9 Å². The molecule has 0 aliphatic rings. The van der Waals surface area contributed by atoms with Crippen LogP contribution in [0.15, 0.2) is 72.8 Å². The third-order valence-corrected chi connectivity index (χ3v) is 5.05. The molecule has 33 heavy (non-hydrogen) atoms. The number of alkyl carbamates (subject to hydrolysis) is 1. The first-order chi connectivity index (χ1) is 15.9. The fraction of sp³-hybridized carbons (Fsp3) is 0.240. The number of ether oxygens (including phenoxy) is 1.